The average molecular weight is 578 g/mol. The summed E-state index contributed by atoms with van der Waals surface area (Å²) in [7, 11) is -3.18. The van der Waals surface area contributed by atoms with Gasteiger partial charge < -0.3 is 4.57 Å². The zero-order chi connectivity index (χ0) is 33.3. The molecule has 3 nitrogen and oxygen atoms in total. The van der Waals surface area contributed by atoms with E-state index in [1.807, 2.05) is 84.9 Å². The van der Waals surface area contributed by atoms with Gasteiger partial charge in [0.15, 0.2) is 7.14 Å². The molecule has 8 rings (SSSR count). The first-order chi connectivity index (χ1) is 23.2. The van der Waals surface area contributed by atoms with Crippen LogP contribution in [0.5, 0.6) is 0 Å². The molecule has 43 heavy (non-hydrogen) atoms. The molecule has 0 radical (unpaired) electrons. The maximum absolute atomic E-state index is 15.3. The van der Waals surface area contributed by atoms with Gasteiger partial charge in [-0.05, 0) is 57.6 Å². The molecule has 1 atom stereocenters. The zero-order valence-corrected chi connectivity index (χ0v) is 24.3. The number of benzene rings is 6. The van der Waals surface area contributed by atoms with Crippen LogP contribution in [0.4, 0.5) is 0 Å². The van der Waals surface area contributed by atoms with E-state index in [-0.39, 0.29) is 29.7 Å². The lowest BCUT2D eigenvalue weighted by Gasteiger charge is -2.29. The fraction of sp³-hybridized carbons (Fsp3) is 0.0513. The van der Waals surface area contributed by atoms with E-state index in [4.69, 9.17) is 11.8 Å². The van der Waals surface area contributed by atoms with E-state index in [9.17, 15) is 0 Å². The molecule has 0 N–H and O–H groups in total. The van der Waals surface area contributed by atoms with Crippen molar-refractivity contribution in [2.24, 2.45) is 0 Å². The molecule has 0 fully saturated rings. The minimum atomic E-state index is -3.18. The topological polar surface area (TPSA) is 34.9 Å². The summed E-state index contributed by atoms with van der Waals surface area (Å²) in [5.74, 6) is 0.928. The molecule has 1 aliphatic rings. The van der Waals surface area contributed by atoms with Crippen LogP contribution in [0.1, 0.15) is 19.6 Å². The molecule has 1 aromatic heterocycles. The first kappa shape index (κ1) is 20.8. The Bertz CT molecular complexity index is 2430. The predicted octanol–water partition coefficient (Wildman–Crippen LogP) is 8.54. The zero-order valence-electron chi connectivity index (χ0n) is 28.4. The van der Waals surface area contributed by atoms with Crippen LogP contribution in [0.2, 0.25) is 0 Å². The summed E-state index contributed by atoms with van der Waals surface area (Å²) < 4.78 is 58.0. The van der Waals surface area contributed by atoms with Crippen LogP contribution >= 0.6 is 7.14 Å². The number of aryl methyl sites for hydroxylation is 1. The van der Waals surface area contributed by atoms with Gasteiger partial charge in [-0.15, -0.1) is 0 Å². The number of fused-ring (bicyclic) bond motifs is 2. The van der Waals surface area contributed by atoms with Gasteiger partial charge in [0.1, 0.15) is 5.82 Å². The molecule has 1 aliphatic heterocycles. The molecular weight excluding hydrogens is 543 g/mol. The minimum Gasteiger partial charge on any atom is -0.308 e. The van der Waals surface area contributed by atoms with Crippen LogP contribution < -0.4 is 15.9 Å². The number of hydrogen-bond donors (Lipinski definition) is 0. The molecule has 1 unspecified atom stereocenters. The highest BCUT2D eigenvalue weighted by molar-refractivity contribution is 7.86. The fourth-order valence-corrected chi connectivity index (χ4v) is 9.17. The third-order valence-corrected chi connectivity index (χ3v) is 11.4. The first-order valence-electron chi connectivity index (χ1n) is 16.8. The second kappa shape index (κ2) is 10.1. The molecule has 0 saturated carbocycles. The smallest absolute Gasteiger partial charge is 0.175 e. The number of aromatic nitrogens is 2. The Hall–Kier alpha value is -4.98. The van der Waals surface area contributed by atoms with Crippen molar-refractivity contribution in [3.63, 3.8) is 0 Å². The lowest BCUT2D eigenvalue weighted by atomic mass is 9.98. The van der Waals surface area contributed by atoms with Gasteiger partial charge in [0.05, 0.1) is 23.6 Å². The number of imidazole rings is 1. The maximum Gasteiger partial charge on any atom is 0.175 e. The Morgan fingerprint density at radius 2 is 1.26 bits per heavy atom. The molecule has 0 aliphatic carbocycles. The van der Waals surface area contributed by atoms with E-state index in [2.05, 4.69) is 29.7 Å². The molecule has 0 amide bonds. The monoisotopic (exact) mass is 577 g/mol. The van der Waals surface area contributed by atoms with Gasteiger partial charge in [-0.3, -0.25) is 4.57 Å². The minimum absolute atomic E-state index is 0.191. The maximum atomic E-state index is 15.3. The second-order valence-electron chi connectivity index (χ2n) is 10.7. The Labute approximate surface area is 258 Å². The number of hydrogen-bond acceptors (Lipinski definition) is 2. The van der Waals surface area contributed by atoms with Crippen LogP contribution in [0, 0.1) is 0 Å². The molecule has 2 heterocycles. The molecule has 6 aromatic carbocycles. The Balaban J connectivity index is 1.19. The van der Waals surface area contributed by atoms with Gasteiger partial charge >= 0.3 is 0 Å². The SMILES string of the molecule is [2H]c1c([2H])c([2H])c(-c2ccc(-c3ccc(-c4ccc5c(c4)-n4c(CC)nc6cccc(c64)P5(=O)c4ccccc4)cc3)cc2)c([2H])c1[2H]. The van der Waals surface area contributed by atoms with Gasteiger partial charge in [0, 0.05) is 22.3 Å². The van der Waals surface area contributed by atoms with Crippen molar-refractivity contribution in [1.82, 2.24) is 9.55 Å². The third-order valence-electron chi connectivity index (χ3n) is 8.28. The molecule has 206 valence electrons. The average Bonchev–Trinajstić information content (AvgIpc) is 3.52. The van der Waals surface area contributed by atoms with Crippen molar-refractivity contribution >= 4 is 34.1 Å². The fourth-order valence-electron chi connectivity index (χ4n) is 6.18. The van der Waals surface area contributed by atoms with E-state index < -0.39 is 13.2 Å². The Kier molecular flexibility index (Phi) is 4.88. The summed E-state index contributed by atoms with van der Waals surface area (Å²) in [6.45, 7) is 2.09. The highest BCUT2D eigenvalue weighted by atomic mass is 31.2. The largest absolute Gasteiger partial charge is 0.308 e. The van der Waals surface area contributed by atoms with Gasteiger partial charge in [-0.1, -0.05) is 128 Å². The van der Waals surface area contributed by atoms with Crippen molar-refractivity contribution in [3.8, 4) is 39.1 Å². The van der Waals surface area contributed by atoms with Crippen molar-refractivity contribution in [2.45, 2.75) is 13.3 Å². The number of rotatable bonds is 5. The quantitative estimate of drug-likeness (QED) is 0.192. The summed E-state index contributed by atoms with van der Waals surface area (Å²) in [5.41, 5.74) is 7.34. The summed E-state index contributed by atoms with van der Waals surface area (Å²) >= 11 is 0. The van der Waals surface area contributed by atoms with Gasteiger partial charge in [-0.2, -0.15) is 0 Å². The van der Waals surface area contributed by atoms with Gasteiger partial charge in [-0.25, -0.2) is 4.98 Å². The van der Waals surface area contributed by atoms with E-state index in [1.165, 1.54) is 0 Å². The lowest BCUT2D eigenvalue weighted by molar-refractivity contribution is 0.592. The summed E-state index contributed by atoms with van der Waals surface area (Å²) in [5, 5.41) is 2.43. The van der Waals surface area contributed by atoms with Crippen LogP contribution in [0.25, 0.3) is 50.1 Å². The standard InChI is InChI=1S/C39H29N2OP/c1-2-38-40-34-14-9-15-37-39(34)41(38)35-26-32(24-25-36(35)43(37,42)33-12-7-4-8-13-33)31-22-20-30(21-23-31)29-18-16-28(17-19-29)27-10-5-3-6-11-27/h3-26H,2H2,1H3/i3D,5D,6D,10D,11D. The van der Waals surface area contributed by atoms with E-state index in [0.717, 1.165) is 67.1 Å². The predicted molar refractivity (Wildman–Crippen MR) is 180 cm³/mol. The normalized spacial score (nSPS) is 17.0. The van der Waals surface area contributed by atoms with Crippen molar-refractivity contribution in [3.05, 3.63) is 151 Å². The lowest BCUT2D eigenvalue weighted by Crippen LogP contribution is -2.33. The molecule has 0 bridgehead atoms. The first-order valence-corrected chi connectivity index (χ1v) is 16.0. The van der Waals surface area contributed by atoms with Crippen LogP contribution in [-0.2, 0) is 11.0 Å². The van der Waals surface area contributed by atoms with Gasteiger partial charge in [0.2, 0.25) is 0 Å². The van der Waals surface area contributed by atoms with Crippen LogP contribution in [-0.4, -0.2) is 9.55 Å². The third kappa shape index (κ3) is 4.04. The summed E-state index contributed by atoms with van der Waals surface area (Å²) in [4.78, 5) is 4.95. The van der Waals surface area contributed by atoms with Crippen LogP contribution in [0.15, 0.2) is 145 Å². The van der Waals surface area contributed by atoms with Gasteiger partial charge in [0.25, 0.3) is 0 Å². The highest BCUT2D eigenvalue weighted by Crippen LogP contribution is 2.49. The molecular formula is C39H29N2OP. The number of para-hydroxylation sites is 1. The molecule has 7 aromatic rings. The second-order valence-corrected chi connectivity index (χ2v) is 13.4. The Morgan fingerprint density at radius 1 is 0.651 bits per heavy atom. The summed E-state index contributed by atoms with van der Waals surface area (Å²) in [6.07, 6.45) is 0.733. The highest BCUT2D eigenvalue weighted by Gasteiger charge is 2.39. The van der Waals surface area contributed by atoms with Crippen molar-refractivity contribution in [1.29, 1.82) is 0 Å². The van der Waals surface area contributed by atoms with E-state index >= 15 is 4.57 Å². The van der Waals surface area contributed by atoms with Crippen molar-refractivity contribution < 1.29 is 11.4 Å². The van der Waals surface area contributed by atoms with Crippen molar-refractivity contribution in [2.75, 3.05) is 0 Å². The van der Waals surface area contributed by atoms with E-state index in [0.29, 0.717) is 5.56 Å². The molecule has 4 heteroatoms. The van der Waals surface area contributed by atoms with E-state index in [1.54, 1.807) is 12.1 Å². The molecule has 0 saturated heterocycles. The summed E-state index contributed by atoms with van der Waals surface area (Å²) in [6, 6.07) is 36.0. The molecule has 0 spiro atoms. The number of nitrogens with zero attached hydrogens (tertiary/aromatic N) is 2. The Morgan fingerprint density at radius 3 is 1.91 bits per heavy atom. The van der Waals surface area contributed by atoms with Crippen LogP contribution in [0.3, 0.4) is 0 Å².